The van der Waals surface area contributed by atoms with Gasteiger partial charge in [-0.25, -0.2) is 12.8 Å². The smallest absolute Gasteiger partial charge is 0.264 e. The summed E-state index contributed by atoms with van der Waals surface area (Å²) in [5.41, 5.74) is 0.472. The number of rotatable bonds is 6. The van der Waals surface area contributed by atoms with Gasteiger partial charge in [0.1, 0.15) is 5.82 Å². The van der Waals surface area contributed by atoms with E-state index in [0.717, 1.165) is 12.8 Å². The first kappa shape index (κ1) is 19.0. The zero-order chi connectivity index (χ0) is 18.7. The molecule has 1 fully saturated rings. The van der Waals surface area contributed by atoms with Crippen LogP contribution in [0, 0.1) is 5.82 Å². The highest BCUT2D eigenvalue weighted by Gasteiger charge is 2.35. The zero-order valence-electron chi connectivity index (χ0n) is 14.7. The Kier molecular flexibility index (Phi) is 5.77. The summed E-state index contributed by atoms with van der Waals surface area (Å²) in [7, 11) is -3.06. The third-order valence-corrected chi connectivity index (χ3v) is 7.48. The highest BCUT2D eigenvalue weighted by molar-refractivity contribution is 7.91. The Labute approximate surface area is 157 Å². The van der Waals surface area contributed by atoms with Crippen molar-refractivity contribution in [3.05, 3.63) is 47.1 Å². The maximum Gasteiger partial charge on any atom is 0.264 e. The van der Waals surface area contributed by atoms with Gasteiger partial charge in [0.25, 0.3) is 5.91 Å². The van der Waals surface area contributed by atoms with Gasteiger partial charge in [-0.05, 0) is 31.0 Å². The summed E-state index contributed by atoms with van der Waals surface area (Å²) >= 11 is 1.25. The van der Waals surface area contributed by atoms with Crippen molar-refractivity contribution in [3.63, 3.8) is 0 Å². The third kappa shape index (κ3) is 4.15. The molecule has 26 heavy (non-hydrogen) atoms. The fourth-order valence-corrected chi connectivity index (χ4v) is 5.92. The third-order valence-electron chi connectivity index (χ3n) is 4.62. The van der Waals surface area contributed by atoms with Gasteiger partial charge in [-0.3, -0.25) is 4.79 Å². The van der Waals surface area contributed by atoms with Crippen LogP contribution in [0.4, 0.5) is 4.39 Å². The molecule has 2 aromatic rings. The molecule has 2 heterocycles. The van der Waals surface area contributed by atoms with Crippen molar-refractivity contribution in [1.82, 2.24) is 4.90 Å². The number of thiophene rings is 1. The normalized spacial score (nSPS) is 18.8. The zero-order valence-corrected chi connectivity index (χ0v) is 16.3. The molecule has 0 aliphatic carbocycles. The lowest BCUT2D eigenvalue weighted by Gasteiger charge is -2.27. The highest BCUT2D eigenvalue weighted by atomic mass is 32.2. The molecular weight excluding hydrogens is 373 g/mol. The van der Waals surface area contributed by atoms with Crippen LogP contribution in [0.25, 0.3) is 10.4 Å². The number of hydrogen-bond donors (Lipinski definition) is 0. The Morgan fingerprint density at radius 2 is 2.04 bits per heavy atom. The summed E-state index contributed by atoms with van der Waals surface area (Å²) in [4.78, 5) is 15.9. The average Bonchev–Trinajstić information content (AvgIpc) is 3.22. The van der Waals surface area contributed by atoms with E-state index in [2.05, 4.69) is 0 Å². The van der Waals surface area contributed by atoms with Crippen LogP contribution >= 0.6 is 11.3 Å². The van der Waals surface area contributed by atoms with E-state index in [1.165, 1.54) is 17.4 Å². The number of halogens is 1. The second-order valence-electron chi connectivity index (χ2n) is 6.55. The van der Waals surface area contributed by atoms with Gasteiger partial charge in [-0.15, -0.1) is 11.3 Å². The molecule has 7 heteroatoms. The van der Waals surface area contributed by atoms with E-state index in [1.54, 1.807) is 35.2 Å². The maximum atomic E-state index is 14.0. The molecule has 1 atom stereocenters. The maximum absolute atomic E-state index is 14.0. The predicted molar refractivity (Wildman–Crippen MR) is 103 cm³/mol. The second-order valence-corrected chi connectivity index (χ2v) is 9.87. The first-order valence-electron chi connectivity index (χ1n) is 8.77. The van der Waals surface area contributed by atoms with Crippen molar-refractivity contribution >= 4 is 27.1 Å². The molecular formula is C19H22FNO3S2. The topological polar surface area (TPSA) is 54.5 Å². The van der Waals surface area contributed by atoms with E-state index in [4.69, 9.17) is 0 Å². The molecule has 0 spiro atoms. The SMILES string of the molecule is CCCCN(C(=O)c1ccc(-c2ccccc2F)s1)C1CCS(=O)(=O)C1. The van der Waals surface area contributed by atoms with E-state index in [9.17, 15) is 17.6 Å². The summed E-state index contributed by atoms with van der Waals surface area (Å²) in [6, 6.07) is 9.67. The Bertz CT molecular complexity index is 892. The number of carbonyl (C=O) groups excluding carboxylic acids is 1. The molecule has 1 aliphatic heterocycles. The summed E-state index contributed by atoms with van der Waals surface area (Å²) in [6.07, 6.45) is 2.24. The standard InChI is InChI=1S/C19H22FNO3S2/c1-2-3-11-21(14-10-12-26(23,24)13-14)19(22)18-9-8-17(25-18)15-6-4-5-7-16(15)20/h4-9,14H,2-3,10-13H2,1H3. The summed E-state index contributed by atoms with van der Waals surface area (Å²) < 4.78 is 37.6. The summed E-state index contributed by atoms with van der Waals surface area (Å²) in [5, 5.41) is 0. The molecule has 140 valence electrons. The largest absolute Gasteiger partial charge is 0.334 e. The molecule has 1 unspecified atom stereocenters. The van der Waals surface area contributed by atoms with Crippen LogP contribution in [-0.4, -0.2) is 43.3 Å². The second kappa shape index (κ2) is 7.88. The first-order valence-corrected chi connectivity index (χ1v) is 11.4. The molecule has 0 saturated carbocycles. The number of carbonyl (C=O) groups is 1. The molecule has 4 nitrogen and oxygen atoms in total. The minimum absolute atomic E-state index is 0.0357. The number of sulfone groups is 1. The van der Waals surface area contributed by atoms with Gasteiger partial charge in [0.05, 0.1) is 16.4 Å². The first-order chi connectivity index (χ1) is 12.4. The van der Waals surface area contributed by atoms with E-state index in [-0.39, 0.29) is 29.3 Å². The van der Waals surface area contributed by atoms with Crippen LogP contribution in [-0.2, 0) is 9.84 Å². The Balaban J connectivity index is 1.84. The molecule has 1 aromatic carbocycles. The fourth-order valence-electron chi connectivity index (χ4n) is 3.20. The van der Waals surface area contributed by atoms with Crippen LogP contribution < -0.4 is 0 Å². The van der Waals surface area contributed by atoms with Gasteiger partial charge in [0.2, 0.25) is 0 Å². The number of amides is 1. The van der Waals surface area contributed by atoms with Crippen molar-refractivity contribution in [2.45, 2.75) is 32.2 Å². The molecule has 3 rings (SSSR count). The predicted octanol–water partition coefficient (Wildman–Crippen LogP) is 3.98. The van der Waals surface area contributed by atoms with Crippen molar-refractivity contribution < 1.29 is 17.6 Å². The minimum Gasteiger partial charge on any atom is -0.334 e. The summed E-state index contributed by atoms with van der Waals surface area (Å²) in [5.74, 6) is -0.307. The molecule has 1 saturated heterocycles. The monoisotopic (exact) mass is 395 g/mol. The Hall–Kier alpha value is -1.73. The van der Waals surface area contributed by atoms with Gasteiger partial charge in [-0.2, -0.15) is 0 Å². The fraction of sp³-hybridized carbons (Fsp3) is 0.421. The lowest BCUT2D eigenvalue weighted by atomic mass is 10.1. The molecule has 1 aromatic heterocycles. The lowest BCUT2D eigenvalue weighted by Crippen LogP contribution is -2.41. The van der Waals surface area contributed by atoms with Crippen molar-refractivity contribution in [3.8, 4) is 10.4 Å². The van der Waals surface area contributed by atoms with E-state index >= 15 is 0 Å². The molecule has 1 amide bonds. The average molecular weight is 396 g/mol. The van der Waals surface area contributed by atoms with Crippen molar-refractivity contribution in [2.24, 2.45) is 0 Å². The van der Waals surface area contributed by atoms with Crippen LogP contribution in [0.3, 0.4) is 0 Å². The number of unbranched alkanes of at least 4 members (excludes halogenated alkanes) is 1. The van der Waals surface area contributed by atoms with E-state index < -0.39 is 9.84 Å². The Morgan fingerprint density at radius 1 is 1.27 bits per heavy atom. The molecule has 1 aliphatic rings. The number of hydrogen-bond acceptors (Lipinski definition) is 4. The van der Waals surface area contributed by atoms with Gasteiger partial charge < -0.3 is 4.90 Å². The van der Waals surface area contributed by atoms with Crippen molar-refractivity contribution in [2.75, 3.05) is 18.1 Å². The molecule has 0 radical (unpaired) electrons. The van der Waals surface area contributed by atoms with Gasteiger partial charge >= 0.3 is 0 Å². The van der Waals surface area contributed by atoms with Crippen molar-refractivity contribution in [1.29, 1.82) is 0 Å². The number of benzene rings is 1. The summed E-state index contributed by atoms with van der Waals surface area (Å²) in [6.45, 7) is 2.58. The van der Waals surface area contributed by atoms with E-state index in [0.29, 0.717) is 28.3 Å². The quantitative estimate of drug-likeness (QED) is 0.743. The Morgan fingerprint density at radius 3 is 2.69 bits per heavy atom. The van der Waals surface area contributed by atoms with E-state index in [1.807, 2.05) is 6.92 Å². The van der Waals surface area contributed by atoms with Gasteiger partial charge in [0.15, 0.2) is 9.84 Å². The van der Waals surface area contributed by atoms with Crippen LogP contribution in [0.2, 0.25) is 0 Å². The van der Waals surface area contributed by atoms with Crippen LogP contribution in [0.15, 0.2) is 36.4 Å². The van der Waals surface area contributed by atoms with Crippen LogP contribution in [0.1, 0.15) is 35.9 Å². The van der Waals surface area contributed by atoms with Gasteiger partial charge in [0, 0.05) is 23.0 Å². The lowest BCUT2D eigenvalue weighted by molar-refractivity contribution is 0.0699. The van der Waals surface area contributed by atoms with Crippen LogP contribution in [0.5, 0.6) is 0 Å². The van der Waals surface area contributed by atoms with Gasteiger partial charge in [-0.1, -0.05) is 31.5 Å². The molecule has 0 N–H and O–H groups in total. The molecule has 0 bridgehead atoms. The minimum atomic E-state index is -3.06. The number of nitrogens with zero attached hydrogens (tertiary/aromatic N) is 1. The highest BCUT2D eigenvalue weighted by Crippen LogP contribution is 2.31.